The molecule has 1 aromatic carbocycles. The van der Waals surface area contributed by atoms with Crippen LogP contribution in [0.4, 0.5) is 10.1 Å². The van der Waals surface area contributed by atoms with Crippen LogP contribution in [0.15, 0.2) is 42.7 Å². The molecule has 1 aliphatic carbocycles. The Morgan fingerprint density at radius 1 is 1.13 bits per heavy atom. The highest BCUT2D eigenvalue weighted by atomic mass is 19.1. The third-order valence-electron chi connectivity index (χ3n) is 5.18. The smallest absolute Gasteiger partial charge is 0.274 e. The summed E-state index contributed by atoms with van der Waals surface area (Å²) in [5.41, 5.74) is 3.16. The minimum atomic E-state index is -0.460. The van der Waals surface area contributed by atoms with E-state index in [0.29, 0.717) is 17.4 Å². The molecule has 6 nitrogen and oxygen atoms in total. The minimum Gasteiger partial charge on any atom is -0.356 e. The molecule has 3 aromatic rings. The number of halogens is 1. The van der Waals surface area contributed by atoms with Gasteiger partial charge in [-0.1, -0.05) is 25.3 Å². The number of anilines is 1. The van der Waals surface area contributed by atoms with Crippen molar-refractivity contribution in [2.45, 2.75) is 52.0 Å². The number of nitrogens with zero attached hydrogens (tertiary/aromatic N) is 2. The summed E-state index contributed by atoms with van der Waals surface area (Å²) < 4.78 is 15.4. The van der Waals surface area contributed by atoms with Gasteiger partial charge in [0.25, 0.3) is 5.91 Å². The molecule has 30 heavy (non-hydrogen) atoms. The summed E-state index contributed by atoms with van der Waals surface area (Å²) >= 11 is 0. The lowest BCUT2D eigenvalue weighted by Crippen LogP contribution is -2.29. The molecule has 0 aliphatic heterocycles. The number of rotatable bonds is 4. The van der Waals surface area contributed by atoms with Gasteiger partial charge in [0.1, 0.15) is 17.2 Å². The largest absolute Gasteiger partial charge is 0.356 e. The van der Waals surface area contributed by atoms with Gasteiger partial charge in [-0.15, -0.1) is 0 Å². The summed E-state index contributed by atoms with van der Waals surface area (Å²) in [5, 5.41) is 5.39. The van der Waals surface area contributed by atoms with Gasteiger partial charge in [0.15, 0.2) is 0 Å². The van der Waals surface area contributed by atoms with E-state index in [1.165, 1.54) is 44.4 Å². The van der Waals surface area contributed by atoms with Gasteiger partial charge in [0, 0.05) is 12.2 Å². The second kappa shape index (κ2) is 10.0. The van der Waals surface area contributed by atoms with Gasteiger partial charge in [0.05, 0.1) is 11.9 Å². The summed E-state index contributed by atoms with van der Waals surface area (Å²) in [6.07, 6.45) is 10.3. The first-order valence-corrected chi connectivity index (χ1v) is 10.2. The molecule has 2 amide bonds. The van der Waals surface area contributed by atoms with Crippen LogP contribution in [0, 0.1) is 19.7 Å². The second-order valence-electron chi connectivity index (χ2n) is 7.63. The second-order valence-corrected chi connectivity index (χ2v) is 7.63. The predicted molar refractivity (Wildman–Crippen MR) is 115 cm³/mol. The van der Waals surface area contributed by atoms with E-state index >= 15 is 0 Å². The molecule has 1 fully saturated rings. The first kappa shape index (κ1) is 21.5. The summed E-state index contributed by atoms with van der Waals surface area (Å²) in [7, 11) is 0. The fraction of sp³-hybridized carbons (Fsp3) is 0.348. The van der Waals surface area contributed by atoms with Crippen molar-refractivity contribution in [3.05, 3.63) is 65.4 Å². The molecule has 0 saturated heterocycles. The average molecular weight is 410 g/mol. The number of hydrogen-bond donors (Lipinski definition) is 2. The molecule has 2 heterocycles. The van der Waals surface area contributed by atoms with Crippen molar-refractivity contribution in [3.8, 4) is 0 Å². The van der Waals surface area contributed by atoms with Gasteiger partial charge in [-0.3, -0.25) is 14.0 Å². The van der Waals surface area contributed by atoms with Crippen LogP contribution in [0.3, 0.4) is 0 Å². The number of nitrogens with one attached hydrogen (secondary N) is 2. The lowest BCUT2D eigenvalue weighted by atomic mass is 9.96. The Bertz CT molecular complexity index is 1030. The highest BCUT2D eigenvalue weighted by molar-refractivity contribution is 6.03. The van der Waals surface area contributed by atoms with Crippen molar-refractivity contribution in [1.82, 2.24) is 14.7 Å². The van der Waals surface area contributed by atoms with Crippen LogP contribution in [-0.2, 0) is 4.79 Å². The predicted octanol–water partition coefficient (Wildman–Crippen LogP) is 4.41. The first-order valence-electron chi connectivity index (χ1n) is 10.2. The first-order chi connectivity index (χ1) is 14.5. The molecule has 0 bridgehead atoms. The van der Waals surface area contributed by atoms with Gasteiger partial charge in [-0.2, -0.15) is 0 Å². The number of hydrogen-bond acceptors (Lipinski definition) is 3. The Balaban J connectivity index is 0.000000239. The normalized spacial score (nSPS) is 14.0. The molecule has 0 unspecified atom stereocenters. The average Bonchev–Trinajstić information content (AvgIpc) is 3.15. The number of fused-ring (bicyclic) bond motifs is 1. The summed E-state index contributed by atoms with van der Waals surface area (Å²) in [4.78, 5) is 26.5. The molecule has 2 N–H and O–H groups in total. The zero-order chi connectivity index (χ0) is 21.5. The minimum absolute atomic E-state index is 0.169. The van der Waals surface area contributed by atoms with Crippen molar-refractivity contribution < 1.29 is 14.0 Å². The Hall–Kier alpha value is -3.22. The number of aromatic nitrogens is 2. The van der Waals surface area contributed by atoms with Crippen LogP contribution >= 0.6 is 0 Å². The lowest BCUT2D eigenvalue weighted by Gasteiger charge is -2.19. The van der Waals surface area contributed by atoms with Crippen molar-refractivity contribution in [1.29, 1.82) is 0 Å². The van der Waals surface area contributed by atoms with E-state index in [0.717, 1.165) is 17.5 Å². The maximum Gasteiger partial charge on any atom is 0.274 e. The molecule has 2 aromatic heterocycles. The maximum atomic E-state index is 13.7. The van der Waals surface area contributed by atoms with Gasteiger partial charge in [0.2, 0.25) is 6.41 Å². The Labute approximate surface area is 175 Å². The third-order valence-corrected chi connectivity index (χ3v) is 5.18. The van der Waals surface area contributed by atoms with Crippen molar-refractivity contribution in [2.24, 2.45) is 0 Å². The van der Waals surface area contributed by atoms with E-state index in [-0.39, 0.29) is 5.69 Å². The van der Waals surface area contributed by atoms with Crippen LogP contribution in [0.1, 0.15) is 53.7 Å². The van der Waals surface area contributed by atoms with Crippen LogP contribution < -0.4 is 10.6 Å². The molecule has 7 heteroatoms. The third kappa shape index (κ3) is 5.43. The quantitative estimate of drug-likeness (QED) is 0.626. The number of benzene rings is 1. The number of carbonyl (C=O) groups excluding carboxylic acids is 2. The van der Waals surface area contributed by atoms with Gasteiger partial charge in [-0.05, 0) is 62.1 Å². The highest BCUT2D eigenvalue weighted by Gasteiger charge is 2.14. The summed E-state index contributed by atoms with van der Waals surface area (Å²) in [5.74, 6) is -0.852. The Morgan fingerprint density at radius 3 is 2.60 bits per heavy atom. The number of pyridine rings is 1. The zero-order valence-electron chi connectivity index (χ0n) is 17.3. The molecule has 0 atom stereocenters. The van der Waals surface area contributed by atoms with Crippen molar-refractivity contribution in [3.63, 3.8) is 0 Å². The van der Waals surface area contributed by atoms with Crippen LogP contribution in [-0.4, -0.2) is 27.7 Å². The molecular formula is C23H27FN4O2. The van der Waals surface area contributed by atoms with E-state index in [9.17, 15) is 14.0 Å². The molecule has 1 aliphatic rings. The van der Waals surface area contributed by atoms with Gasteiger partial charge in [-0.25, -0.2) is 9.37 Å². The van der Waals surface area contributed by atoms with Crippen molar-refractivity contribution >= 4 is 23.7 Å². The monoisotopic (exact) mass is 410 g/mol. The highest BCUT2D eigenvalue weighted by Crippen LogP contribution is 2.18. The van der Waals surface area contributed by atoms with E-state index in [1.807, 2.05) is 26.0 Å². The van der Waals surface area contributed by atoms with Crippen LogP contribution in [0.2, 0.25) is 0 Å². The Morgan fingerprint density at radius 2 is 1.87 bits per heavy atom. The zero-order valence-corrected chi connectivity index (χ0v) is 17.3. The van der Waals surface area contributed by atoms with E-state index in [1.54, 1.807) is 22.7 Å². The molecule has 0 radical (unpaired) electrons. The topological polar surface area (TPSA) is 75.5 Å². The van der Waals surface area contributed by atoms with E-state index in [2.05, 4.69) is 15.6 Å². The molecular weight excluding hydrogens is 383 g/mol. The number of aryl methyl sites for hydroxylation is 2. The van der Waals surface area contributed by atoms with Crippen LogP contribution in [0.5, 0.6) is 0 Å². The standard InChI is InChI=1S/C16H14FN3O.C7H13NO/c1-10-3-4-12(17)13(7-10)19-16(21)14-9-18-15-8-11(2)5-6-20(14)15;9-6-8-7-4-2-1-3-5-7/h3-9H,1-2H3,(H,19,21);6-7H,1-5H2,(H,8,9). The van der Waals surface area contributed by atoms with Gasteiger partial charge < -0.3 is 10.6 Å². The molecule has 158 valence electrons. The van der Waals surface area contributed by atoms with E-state index < -0.39 is 11.7 Å². The maximum absolute atomic E-state index is 13.7. The molecule has 1 saturated carbocycles. The van der Waals surface area contributed by atoms with Crippen molar-refractivity contribution in [2.75, 3.05) is 5.32 Å². The number of carbonyl (C=O) groups is 2. The van der Waals surface area contributed by atoms with Crippen LogP contribution in [0.25, 0.3) is 5.65 Å². The fourth-order valence-electron chi connectivity index (χ4n) is 3.54. The summed E-state index contributed by atoms with van der Waals surface area (Å²) in [6.45, 7) is 3.79. The number of imidazole rings is 1. The lowest BCUT2D eigenvalue weighted by molar-refractivity contribution is -0.110. The molecule has 0 spiro atoms. The Kier molecular flexibility index (Phi) is 7.17. The number of amides is 2. The fourth-order valence-corrected chi connectivity index (χ4v) is 3.54. The van der Waals surface area contributed by atoms with Gasteiger partial charge >= 0.3 is 0 Å². The molecule has 4 rings (SSSR count). The van der Waals surface area contributed by atoms with E-state index in [4.69, 9.17) is 0 Å². The summed E-state index contributed by atoms with van der Waals surface area (Å²) in [6, 6.07) is 8.84. The SMILES string of the molecule is Cc1ccc(F)c(NC(=O)c2cnc3cc(C)ccn23)c1.O=CNC1CCCCC1.